The fraction of sp³-hybridized carbons (Fsp3) is 0.158. The van der Waals surface area contributed by atoms with Gasteiger partial charge < -0.3 is 4.90 Å². The van der Waals surface area contributed by atoms with E-state index in [1.165, 1.54) is 21.2 Å². The molecule has 0 unspecified atom stereocenters. The molecule has 0 fully saturated rings. The molecule has 1 aliphatic rings. The maximum Gasteiger partial charge on any atom is 0.203 e. The average molecular weight is 367 g/mol. The molecular formula is C19H18N4S2. The fourth-order valence-corrected chi connectivity index (χ4v) is 4.62. The van der Waals surface area contributed by atoms with E-state index in [-0.39, 0.29) is 0 Å². The van der Waals surface area contributed by atoms with Gasteiger partial charge >= 0.3 is 0 Å². The minimum Gasteiger partial charge on any atom is -0.340 e. The second kappa shape index (κ2) is 6.90. The van der Waals surface area contributed by atoms with Crippen LogP contribution in [0.2, 0.25) is 0 Å². The maximum absolute atomic E-state index is 4.34. The molecule has 0 saturated heterocycles. The molecule has 0 radical (unpaired) electrons. The number of benzene rings is 2. The van der Waals surface area contributed by atoms with Gasteiger partial charge in [-0.25, -0.2) is 4.98 Å². The summed E-state index contributed by atoms with van der Waals surface area (Å²) >= 11 is 3.37. The van der Waals surface area contributed by atoms with Gasteiger partial charge in [0, 0.05) is 21.7 Å². The number of rotatable bonds is 4. The number of aromatic nitrogens is 1. The molecule has 1 N–H and O–H groups in total. The molecule has 0 bridgehead atoms. The summed E-state index contributed by atoms with van der Waals surface area (Å²) in [5.74, 6) is 0. The van der Waals surface area contributed by atoms with E-state index in [1.807, 2.05) is 30.3 Å². The first-order valence-electron chi connectivity index (χ1n) is 8.14. The number of hydrogen-bond donors (Lipinski definition) is 1. The molecule has 25 heavy (non-hydrogen) atoms. The summed E-state index contributed by atoms with van der Waals surface area (Å²) in [5, 5.41) is 7.12. The molecule has 0 saturated carbocycles. The average Bonchev–Trinajstić information content (AvgIpc) is 3.04. The predicted octanol–water partition coefficient (Wildman–Crippen LogP) is 5.52. The van der Waals surface area contributed by atoms with Gasteiger partial charge in [-0.05, 0) is 43.7 Å². The topological polar surface area (TPSA) is 40.5 Å². The fourth-order valence-electron chi connectivity index (χ4n) is 2.84. The highest BCUT2D eigenvalue weighted by molar-refractivity contribution is 7.99. The van der Waals surface area contributed by atoms with Crippen LogP contribution >= 0.6 is 23.1 Å². The highest BCUT2D eigenvalue weighted by Crippen LogP contribution is 2.47. The van der Waals surface area contributed by atoms with E-state index in [4.69, 9.17) is 0 Å². The van der Waals surface area contributed by atoms with Gasteiger partial charge in [0.25, 0.3) is 0 Å². The molecule has 0 aliphatic carbocycles. The molecule has 4 nitrogen and oxygen atoms in total. The Kier molecular flexibility index (Phi) is 4.46. The number of hydrazone groups is 1. The molecular weight excluding hydrogens is 348 g/mol. The van der Waals surface area contributed by atoms with Crippen molar-refractivity contribution in [1.82, 2.24) is 4.98 Å². The second-order valence-corrected chi connectivity index (χ2v) is 7.65. The predicted molar refractivity (Wildman–Crippen MR) is 108 cm³/mol. The molecule has 4 rings (SSSR count). The Bertz CT molecular complexity index is 933. The zero-order valence-corrected chi connectivity index (χ0v) is 15.7. The van der Waals surface area contributed by atoms with Crippen molar-refractivity contribution < 1.29 is 0 Å². The lowest BCUT2D eigenvalue weighted by atomic mass is 10.1. The molecule has 3 aromatic rings. The Labute approximate surface area is 155 Å². The Hall–Kier alpha value is -2.31. The van der Waals surface area contributed by atoms with Gasteiger partial charge in [0.1, 0.15) is 0 Å². The third-order valence-electron chi connectivity index (χ3n) is 3.96. The highest BCUT2D eigenvalue weighted by Gasteiger charge is 2.21. The summed E-state index contributed by atoms with van der Waals surface area (Å²) < 4.78 is 0. The summed E-state index contributed by atoms with van der Waals surface area (Å²) in [6.45, 7) is 5.11. The van der Waals surface area contributed by atoms with E-state index < -0.39 is 0 Å². The van der Waals surface area contributed by atoms with Crippen LogP contribution in [0.3, 0.4) is 0 Å². The van der Waals surface area contributed by atoms with E-state index in [0.717, 1.165) is 22.9 Å². The summed E-state index contributed by atoms with van der Waals surface area (Å²) in [6, 6.07) is 15.0. The number of fused-ring (bicyclic) bond motifs is 2. The molecule has 2 aromatic carbocycles. The van der Waals surface area contributed by atoms with Crippen LogP contribution < -0.4 is 10.3 Å². The van der Waals surface area contributed by atoms with E-state index >= 15 is 0 Å². The molecule has 1 aliphatic heterocycles. The summed E-state index contributed by atoms with van der Waals surface area (Å²) in [4.78, 5) is 9.25. The van der Waals surface area contributed by atoms with Gasteiger partial charge in [0.05, 0.1) is 23.3 Å². The van der Waals surface area contributed by atoms with Crippen molar-refractivity contribution in [1.29, 1.82) is 0 Å². The van der Waals surface area contributed by atoms with E-state index in [0.29, 0.717) is 0 Å². The highest BCUT2D eigenvalue weighted by atomic mass is 32.2. The van der Waals surface area contributed by atoms with Crippen LogP contribution in [-0.2, 0) is 0 Å². The molecule has 0 amide bonds. The number of thiazole rings is 1. The van der Waals surface area contributed by atoms with Gasteiger partial charge in [-0.15, -0.1) is 11.3 Å². The Morgan fingerprint density at radius 1 is 1.16 bits per heavy atom. The Balaban J connectivity index is 1.58. The van der Waals surface area contributed by atoms with Crippen molar-refractivity contribution >= 4 is 45.8 Å². The first-order valence-corrected chi connectivity index (χ1v) is 9.84. The molecule has 0 atom stereocenters. The van der Waals surface area contributed by atoms with Crippen molar-refractivity contribution in [3.05, 3.63) is 59.1 Å². The number of hydrogen-bond acceptors (Lipinski definition) is 6. The van der Waals surface area contributed by atoms with E-state index in [9.17, 15) is 0 Å². The molecule has 6 heteroatoms. The minimum atomic E-state index is 0.812. The number of anilines is 3. The van der Waals surface area contributed by atoms with E-state index in [2.05, 4.69) is 69.8 Å². The monoisotopic (exact) mass is 366 g/mol. The zero-order valence-electron chi connectivity index (χ0n) is 14.1. The van der Waals surface area contributed by atoms with Crippen LogP contribution in [0.5, 0.6) is 0 Å². The molecule has 126 valence electrons. The van der Waals surface area contributed by atoms with Crippen molar-refractivity contribution in [2.24, 2.45) is 5.10 Å². The van der Waals surface area contributed by atoms with Crippen LogP contribution in [0.25, 0.3) is 0 Å². The van der Waals surface area contributed by atoms with Gasteiger partial charge in [-0.2, -0.15) is 5.10 Å². The van der Waals surface area contributed by atoms with Crippen LogP contribution in [-0.4, -0.2) is 17.7 Å². The lowest BCUT2D eigenvalue weighted by Gasteiger charge is -2.31. The van der Waals surface area contributed by atoms with Crippen molar-refractivity contribution in [3.8, 4) is 0 Å². The minimum absolute atomic E-state index is 0.812. The van der Waals surface area contributed by atoms with Crippen LogP contribution in [0.4, 0.5) is 16.5 Å². The first kappa shape index (κ1) is 16.2. The second-order valence-electron chi connectivity index (χ2n) is 5.71. The number of nitrogens with one attached hydrogen (secondary N) is 1. The first-order chi connectivity index (χ1) is 12.2. The quantitative estimate of drug-likeness (QED) is 0.487. The van der Waals surface area contributed by atoms with Crippen LogP contribution in [0.1, 0.15) is 18.2 Å². The zero-order chi connectivity index (χ0) is 17.2. The van der Waals surface area contributed by atoms with Crippen molar-refractivity contribution in [2.45, 2.75) is 23.6 Å². The number of aryl methyl sites for hydroxylation is 1. The van der Waals surface area contributed by atoms with Gasteiger partial charge in [0.15, 0.2) is 0 Å². The SMILES string of the molecule is CCN1c2ccccc2Sc2cc(/C=N/Nc3nc(C)cs3)ccc21. The van der Waals surface area contributed by atoms with Gasteiger partial charge in [0.2, 0.25) is 5.13 Å². The van der Waals surface area contributed by atoms with Crippen molar-refractivity contribution in [2.75, 3.05) is 16.9 Å². The van der Waals surface area contributed by atoms with Crippen molar-refractivity contribution in [3.63, 3.8) is 0 Å². The summed E-state index contributed by atoms with van der Waals surface area (Å²) in [7, 11) is 0. The van der Waals surface area contributed by atoms with Gasteiger partial charge in [-0.1, -0.05) is 30.0 Å². The van der Waals surface area contributed by atoms with E-state index in [1.54, 1.807) is 11.3 Å². The largest absolute Gasteiger partial charge is 0.340 e. The lowest BCUT2D eigenvalue weighted by molar-refractivity contribution is 0.979. The summed E-state index contributed by atoms with van der Waals surface area (Å²) in [6.07, 6.45) is 1.84. The summed E-state index contributed by atoms with van der Waals surface area (Å²) in [5.41, 5.74) is 7.61. The molecule has 0 spiro atoms. The molecule has 2 heterocycles. The van der Waals surface area contributed by atoms with Crippen LogP contribution in [0, 0.1) is 6.92 Å². The third kappa shape index (κ3) is 3.27. The molecule has 1 aromatic heterocycles. The normalized spacial score (nSPS) is 13.0. The standard InChI is InChI=1S/C19H18N4S2/c1-3-23-15-6-4-5-7-17(15)25-18-10-14(8-9-16(18)23)11-20-22-19-21-13(2)12-24-19/h4-12H,3H2,1-2H3,(H,21,22)/b20-11+. The Morgan fingerprint density at radius 2 is 2.00 bits per heavy atom. The lowest BCUT2D eigenvalue weighted by Crippen LogP contribution is -2.19. The number of nitrogens with zero attached hydrogens (tertiary/aromatic N) is 3. The van der Waals surface area contributed by atoms with Crippen LogP contribution in [0.15, 0.2) is 62.7 Å². The third-order valence-corrected chi connectivity index (χ3v) is 5.94. The maximum atomic E-state index is 4.34. The smallest absolute Gasteiger partial charge is 0.203 e. The Morgan fingerprint density at radius 3 is 2.80 bits per heavy atom. The van der Waals surface area contributed by atoms with Gasteiger partial charge in [-0.3, -0.25) is 5.43 Å². The number of para-hydroxylation sites is 1.